The second-order valence-electron chi connectivity index (χ2n) is 22.8. The third kappa shape index (κ3) is 8.26. The van der Waals surface area contributed by atoms with Crippen LogP contribution in [-0.2, 0) is 31.9 Å². The number of imidazole rings is 1. The maximum Gasteiger partial charge on any atom is 0.268 e. The standard InChI is InChI=1S/C74H54N4O2.Pt/c1-73(2,3)49-37-38-75-69(42-49)78-64-31-14-12-25-56(64)57-35-34-52(44-65(57)78)79-51-22-16-21-50(43-51)76-45-77-71-60(29-18-30-63(71)74(4,5)6)70-53(46-19-8-7-9-20-46)27-17-28-59(70)54-23-10-11-24-55(54)62-40-48(41-66(76)72(62)77)47-33-36-68-61(39-47)58-26-13-15-32-67(58)80-68;/h7-42H,1-6H3;/q-2;/i7D,8D,9D,19D,20D;. The predicted octanol–water partition coefficient (Wildman–Crippen LogP) is 18.7. The Morgan fingerprint density at radius 2 is 1.23 bits per heavy atom. The molecule has 5 heterocycles. The van der Waals surface area contributed by atoms with Crippen molar-refractivity contribution >= 4 is 54.8 Å². The summed E-state index contributed by atoms with van der Waals surface area (Å²) < 4.78 is 64.8. The van der Waals surface area contributed by atoms with Crippen LogP contribution in [0.15, 0.2) is 223 Å². The zero-order valence-corrected chi connectivity index (χ0v) is 47.6. The summed E-state index contributed by atoms with van der Waals surface area (Å²) in [5, 5.41) is 4.15. The number of ether oxygens (including phenoxy) is 1. The van der Waals surface area contributed by atoms with Gasteiger partial charge in [0.2, 0.25) is 0 Å². The summed E-state index contributed by atoms with van der Waals surface area (Å²) in [6.45, 7) is 13.2. The van der Waals surface area contributed by atoms with Gasteiger partial charge in [-0.1, -0.05) is 186 Å². The van der Waals surface area contributed by atoms with E-state index in [0.29, 0.717) is 22.7 Å². The van der Waals surface area contributed by atoms with E-state index >= 15 is 0 Å². The van der Waals surface area contributed by atoms with E-state index in [1.54, 1.807) is 0 Å². The van der Waals surface area contributed by atoms with Crippen LogP contribution in [0.3, 0.4) is 0 Å². The molecule has 10 aromatic carbocycles. The van der Waals surface area contributed by atoms with Gasteiger partial charge in [-0.25, -0.2) is 4.98 Å². The normalized spacial score (nSPS) is 13.1. The van der Waals surface area contributed by atoms with Gasteiger partial charge >= 0.3 is 0 Å². The molecule has 0 saturated heterocycles. The Bertz CT molecular complexity index is 5130. The molecule has 0 radical (unpaired) electrons. The Morgan fingerprint density at radius 3 is 2.06 bits per heavy atom. The van der Waals surface area contributed by atoms with E-state index in [2.05, 4.69) is 189 Å². The van der Waals surface area contributed by atoms with Crippen LogP contribution in [0.5, 0.6) is 11.5 Å². The Balaban J connectivity index is 0.00000653. The van der Waals surface area contributed by atoms with Crippen molar-refractivity contribution in [2.45, 2.75) is 52.4 Å². The molecule has 4 aromatic heterocycles. The van der Waals surface area contributed by atoms with Crippen LogP contribution in [0.1, 0.15) is 59.5 Å². The van der Waals surface area contributed by atoms with Crippen molar-refractivity contribution in [3.63, 3.8) is 0 Å². The molecule has 1 aliphatic rings. The number of nitrogens with zero attached hydrogens (tertiary/aromatic N) is 4. The van der Waals surface area contributed by atoms with Crippen LogP contribution in [-0.4, -0.2) is 14.1 Å². The first-order valence-electron chi connectivity index (χ1n) is 29.5. The van der Waals surface area contributed by atoms with E-state index < -0.39 is 23.5 Å². The topological polar surface area (TPSA) is 49.0 Å². The number of para-hydroxylation sites is 3. The van der Waals surface area contributed by atoms with Gasteiger partial charge in [-0.05, 0) is 131 Å². The zero-order valence-electron chi connectivity index (χ0n) is 50.3. The van der Waals surface area contributed by atoms with E-state index in [1.165, 1.54) is 5.56 Å². The molecule has 0 spiro atoms. The van der Waals surface area contributed by atoms with Gasteiger partial charge in [0.1, 0.15) is 17.0 Å². The summed E-state index contributed by atoms with van der Waals surface area (Å²) >= 11 is 0. The second kappa shape index (κ2) is 19.0. The van der Waals surface area contributed by atoms with Crippen molar-refractivity contribution in [1.29, 1.82) is 0 Å². The number of rotatable bonds is 6. The number of aromatic nitrogens is 4. The van der Waals surface area contributed by atoms with Gasteiger partial charge in [-0.15, -0.1) is 29.7 Å². The summed E-state index contributed by atoms with van der Waals surface area (Å²) in [6.07, 6.45) is 5.81. The molecule has 0 aliphatic carbocycles. The molecule has 0 unspecified atom stereocenters. The molecule has 0 N–H and O–H groups in total. The Hall–Kier alpha value is -9.09. The van der Waals surface area contributed by atoms with Gasteiger partial charge < -0.3 is 18.3 Å². The number of benzene rings is 10. The molecule has 0 atom stereocenters. The number of hydrogen-bond donors (Lipinski definition) is 0. The molecule has 0 fully saturated rings. The predicted molar refractivity (Wildman–Crippen MR) is 325 cm³/mol. The van der Waals surface area contributed by atoms with Crippen molar-refractivity contribution in [1.82, 2.24) is 14.1 Å². The first-order chi connectivity index (χ1) is 41.0. The van der Waals surface area contributed by atoms with E-state index in [0.717, 1.165) is 116 Å². The molecule has 81 heavy (non-hydrogen) atoms. The van der Waals surface area contributed by atoms with Gasteiger partial charge in [0.25, 0.3) is 6.33 Å². The summed E-state index contributed by atoms with van der Waals surface area (Å²) in [5.41, 5.74) is 16.1. The molecule has 394 valence electrons. The SMILES string of the molecule is [2H]c1c([2H])c([2H])c(-c2cccc3c2-c2cccc(C(C)(C)C)c2-[n+]2[c-]n(-c4[c-]c(Oc5[c-]c6c(cc5)c5ccccc5n6-c5cc(C(C)(C)C)ccn5)ccc4)c4cc(-c5ccc6oc7ccccc7c6c5)cc(c42)-c2ccccc2-3)c([2H])c1[2H].[Pt]. The summed E-state index contributed by atoms with van der Waals surface area (Å²) in [5.74, 6) is 1.78. The van der Waals surface area contributed by atoms with Gasteiger partial charge in [0.05, 0.1) is 23.6 Å². The molecule has 6 nitrogen and oxygen atoms in total. The minimum absolute atomic E-state index is 0. The Labute approximate surface area is 492 Å². The monoisotopic (exact) mass is 1230 g/mol. The summed E-state index contributed by atoms with van der Waals surface area (Å²) in [7, 11) is 0. The van der Waals surface area contributed by atoms with Crippen molar-refractivity contribution < 1.29 is 41.6 Å². The quantitative estimate of drug-likeness (QED) is 0.123. The molecule has 15 rings (SSSR count). The number of hydrogen-bond acceptors (Lipinski definition) is 3. The maximum atomic E-state index is 9.39. The largest absolute Gasteiger partial charge is 0.510 e. The van der Waals surface area contributed by atoms with E-state index in [1.807, 2.05) is 72.9 Å². The number of pyridine rings is 1. The van der Waals surface area contributed by atoms with Gasteiger partial charge in [0.15, 0.2) is 0 Å². The molecule has 0 amide bonds. The van der Waals surface area contributed by atoms with E-state index in [4.69, 9.17) is 18.3 Å². The van der Waals surface area contributed by atoms with E-state index in [-0.39, 0.29) is 44.1 Å². The summed E-state index contributed by atoms with van der Waals surface area (Å²) in [6, 6.07) is 67.6. The van der Waals surface area contributed by atoms with Crippen LogP contribution in [0.4, 0.5) is 0 Å². The van der Waals surface area contributed by atoms with Crippen molar-refractivity contribution in [2.75, 3.05) is 0 Å². The number of fused-ring (bicyclic) bond motifs is 13. The fraction of sp³-hybridized carbons (Fsp3) is 0.108. The Morgan fingerprint density at radius 1 is 0.531 bits per heavy atom. The molecule has 1 aliphatic heterocycles. The number of furan rings is 1. The third-order valence-corrected chi connectivity index (χ3v) is 15.8. The molecule has 0 saturated carbocycles. The van der Waals surface area contributed by atoms with Gasteiger partial charge in [-0.2, -0.15) is 18.2 Å². The molecular formula is C74H54N4O2Pt-2. The van der Waals surface area contributed by atoms with Crippen LogP contribution >= 0.6 is 0 Å². The van der Waals surface area contributed by atoms with Crippen molar-refractivity contribution in [3.8, 4) is 84.3 Å². The van der Waals surface area contributed by atoms with Crippen LogP contribution in [0.25, 0.3) is 128 Å². The van der Waals surface area contributed by atoms with E-state index in [9.17, 15) is 2.74 Å². The Kier molecular flexibility index (Phi) is 10.5. The first-order valence-corrected chi connectivity index (χ1v) is 27.0. The van der Waals surface area contributed by atoms with Crippen LogP contribution < -0.4 is 9.30 Å². The third-order valence-electron chi connectivity index (χ3n) is 15.8. The first kappa shape index (κ1) is 44.7. The smallest absolute Gasteiger partial charge is 0.268 e. The second-order valence-corrected chi connectivity index (χ2v) is 22.8. The molecular weight excluding hydrogens is 1170 g/mol. The van der Waals surface area contributed by atoms with Gasteiger partial charge in [0, 0.05) is 55.1 Å². The zero-order chi connectivity index (χ0) is 58.4. The average molecular weight is 1230 g/mol. The molecule has 14 aromatic rings. The van der Waals surface area contributed by atoms with Crippen molar-refractivity contribution in [3.05, 3.63) is 248 Å². The molecule has 0 bridgehead atoms. The minimum Gasteiger partial charge on any atom is -0.510 e. The maximum absolute atomic E-state index is 9.39. The fourth-order valence-corrected chi connectivity index (χ4v) is 12.0. The van der Waals surface area contributed by atoms with Crippen LogP contribution in [0.2, 0.25) is 0 Å². The fourth-order valence-electron chi connectivity index (χ4n) is 12.0. The molecule has 7 heteroatoms. The summed E-state index contributed by atoms with van der Waals surface area (Å²) in [4.78, 5) is 4.90. The average Bonchev–Trinajstić information content (AvgIpc) is 1.88. The van der Waals surface area contributed by atoms with Crippen molar-refractivity contribution in [2.24, 2.45) is 0 Å². The van der Waals surface area contributed by atoms with Crippen LogP contribution in [0, 0.1) is 18.5 Å². The van der Waals surface area contributed by atoms with Gasteiger partial charge in [-0.3, -0.25) is 4.57 Å². The minimum atomic E-state index is -0.444.